The summed E-state index contributed by atoms with van der Waals surface area (Å²) in [6.45, 7) is 0. The predicted molar refractivity (Wildman–Crippen MR) is 315 cm³/mol. The quantitative estimate of drug-likeness (QED) is 0.161. The molecule has 0 bridgehead atoms. The van der Waals surface area contributed by atoms with Crippen molar-refractivity contribution < 1.29 is 0 Å². The molecular weight excluding hydrogens is 917 g/mol. The van der Waals surface area contributed by atoms with Crippen LogP contribution in [0.2, 0.25) is 0 Å². The van der Waals surface area contributed by atoms with Gasteiger partial charge < -0.3 is 9.47 Å². The summed E-state index contributed by atoms with van der Waals surface area (Å²) in [5.41, 5.74) is 25.9. The number of rotatable bonds is 6. The van der Waals surface area contributed by atoms with Crippen LogP contribution in [-0.4, -0.2) is 4.57 Å². The highest BCUT2D eigenvalue weighted by Gasteiger charge is 2.60. The van der Waals surface area contributed by atoms with Gasteiger partial charge in [0.2, 0.25) is 0 Å². The summed E-state index contributed by atoms with van der Waals surface area (Å²) in [5, 5.41) is 2.40. The molecule has 0 atom stereocenters. The van der Waals surface area contributed by atoms with Crippen LogP contribution in [0.4, 0.5) is 17.1 Å². The summed E-state index contributed by atoms with van der Waals surface area (Å²) in [7, 11) is 0. The first-order valence-electron chi connectivity index (χ1n) is 26.5. The predicted octanol–water partition coefficient (Wildman–Crippen LogP) is 18.6. The normalized spacial score (nSPS) is 13.7. The Morgan fingerprint density at radius 3 is 1.26 bits per heavy atom. The van der Waals surface area contributed by atoms with Crippen molar-refractivity contribution in [1.82, 2.24) is 4.57 Å². The van der Waals surface area contributed by atoms with E-state index in [1.807, 2.05) is 0 Å². The van der Waals surface area contributed by atoms with Crippen LogP contribution >= 0.6 is 0 Å². The first-order chi connectivity index (χ1) is 37.7. The minimum absolute atomic E-state index is 0.612. The largest absolute Gasteiger partial charge is 0.310 e. The monoisotopic (exact) mass is 964 g/mol. The third-order valence-electron chi connectivity index (χ3n) is 17.0. The molecule has 0 unspecified atom stereocenters. The smallest absolute Gasteiger partial charge is 0.0740 e. The number of hydrogen-bond donors (Lipinski definition) is 0. The number of aromatic nitrogens is 1. The molecule has 1 aromatic heterocycles. The number of benzene rings is 12. The van der Waals surface area contributed by atoms with E-state index < -0.39 is 10.8 Å². The lowest BCUT2D eigenvalue weighted by Gasteiger charge is -2.50. The molecule has 2 heteroatoms. The van der Waals surface area contributed by atoms with Crippen LogP contribution in [0, 0.1) is 0 Å². The highest BCUT2D eigenvalue weighted by atomic mass is 15.1. The van der Waals surface area contributed by atoms with Crippen molar-refractivity contribution in [3.63, 3.8) is 0 Å². The molecule has 0 N–H and O–H groups in total. The van der Waals surface area contributed by atoms with Crippen LogP contribution in [0.15, 0.2) is 291 Å². The Morgan fingerprint density at radius 2 is 0.697 bits per heavy atom. The first kappa shape index (κ1) is 42.7. The van der Waals surface area contributed by atoms with Gasteiger partial charge in [0.05, 0.1) is 27.6 Å². The summed E-state index contributed by atoms with van der Waals surface area (Å²) in [6.07, 6.45) is 0. The highest BCUT2D eigenvalue weighted by molar-refractivity contribution is 6.11. The number of fused-ring (bicyclic) bond motifs is 19. The van der Waals surface area contributed by atoms with Crippen molar-refractivity contribution >= 4 is 38.9 Å². The Hall–Kier alpha value is -9.76. The Morgan fingerprint density at radius 1 is 0.263 bits per heavy atom. The average molecular weight is 965 g/mol. The maximum Gasteiger partial charge on any atom is 0.0740 e. The number of anilines is 3. The lowest BCUT2D eigenvalue weighted by Crippen LogP contribution is -2.44. The lowest BCUT2D eigenvalue weighted by molar-refractivity contribution is 0.633. The van der Waals surface area contributed by atoms with Gasteiger partial charge in [-0.15, -0.1) is 0 Å². The van der Waals surface area contributed by atoms with Gasteiger partial charge in [-0.2, -0.15) is 0 Å². The highest BCUT2D eigenvalue weighted by Crippen LogP contribution is 2.69. The molecule has 0 aliphatic heterocycles. The zero-order chi connectivity index (χ0) is 50.0. The second-order valence-corrected chi connectivity index (χ2v) is 20.7. The molecular formula is C74H48N2. The van der Waals surface area contributed by atoms with E-state index in [4.69, 9.17) is 0 Å². The Bertz CT molecular complexity index is 4320. The fourth-order valence-corrected chi connectivity index (χ4v) is 14.2. The number of para-hydroxylation sites is 2. The zero-order valence-electron chi connectivity index (χ0n) is 41.6. The van der Waals surface area contributed by atoms with E-state index in [-0.39, 0.29) is 0 Å². The van der Waals surface area contributed by atoms with Gasteiger partial charge in [0.15, 0.2) is 0 Å². The van der Waals surface area contributed by atoms with E-state index in [1.165, 1.54) is 99.8 Å². The van der Waals surface area contributed by atoms with Gasteiger partial charge in [0.1, 0.15) is 0 Å². The van der Waals surface area contributed by atoms with Gasteiger partial charge in [0, 0.05) is 33.4 Å². The summed E-state index contributed by atoms with van der Waals surface area (Å²) in [5.74, 6) is 0. The van der Waals surface area contributed by atoms with Crippen molar-refractivity contribution in [3.05, 3.63) is 336 Å². The minimum atomic E-state index is -0.680. The molecule has 0 saturated carbocycles. The van der Waals surface area contributed by atoms with Crippen molar-refractivity contribution in [1.29, 1.82) is 0 Å². The van der Waals surface area contributed by atoms with Gasteiger partial charge in [-0.05, 0) is 144 Å². The van der Waals surface area contributed by atoms with E-state index in [0.717, 1.165) is 33.8 Å². The zero-order valence-corrected chi connectivity index (χ0v) is 41.6. The molecule has 0 fully saturated rings. The van der Waals surface area contributed by atoms with Gasteiger partial charge in [-0.25, -0.2) is 0 Å². The summed E-state index contributed by atoms with van der Waals surface area (Å²) in [4.78, 5) is 2.56. The fourth-order valence-electron chi connectivity index (χ4n) is 14.2. The van der Waals surface area contributed by atoms with E-state index in [0.29, 0.717) is 0 Å². The lowest BCUT2D eigenvalue weighted by atomic mass is 9.52. The molecule has 16 rings (SSSR count). The fraction of sp³-hybridized carbons (Fsp3) is 0.0270. The molecule has 0 saturated heterocycles. The third kappa shape index (κ3) is 5.76. The second-order valence-electron chi connectivity index (χ2n) is 20.7. The molecule has 3 aliphatic carbocycles. The standard InChI is InChI=1S/C74H48N2/c1-4-23-49(24-5-1)51-45-52(50-25-6-2-7-26-50)47-55(46-51)76-69-41-21-14-33-60(69)61-48-54(43-44-70(61)76)75(53-27-8-3-9-28-53)71-42-22-40-68-72(71)74(64-36-17-12-31-58(64)59-32-13-18-37-65(59)74)67-39-20-19-38-66(67)73(68)62-34-15-10-29-56(62)57-30-11-16-35-63(57)73/h1-48H. The number of hydrogen-bond acceptors (Lipinski definition) is 1. The van der Waals surface area contributed by atoms with E-state index in [2.05, 4.69) is 301 Å². The third-order valence-corrected chi connectivity index (χ3v) is 17.0. The van der Waals surface area contributed by atoms with Crippen molar-refractivity contribution in [2.75, 3.05) is 4.90 Å². The van der Waals surface area contributed by atoms with E-state index in [9.17, 15) is 0 Å². The van der Waals surface area contributed by atoms with Gasteiger partial charge in [-0.3, -0.25) is 0 Å². The molecule has 2 nitrogen and oxygen atoms in total. The minimum Gasteiger partial charge on any atom is -0.310 e. The Balaban J connectivity index is 1.01. The van der Waals surface area contributed by atoms with Crippen LogP contribution in [0.25, 0.3) is 72.0 Å². The molecule has 3 aliphatic rings. The molecule has 0 amide bonds. The second kappa shape index (κ2) is 16.4. The maximum atomic E-state index is 2.56. The summed E-state index contributed by atoms with van der Waals surface area (Å²) in [6, 6.07) is 109. The topological polar surface area (TPSA) is 8.17 Å². The van der Waals surface area contributed by atoms with E-state index >= 15 is 0 Å². The molecule has 1 heterocycles. The van der Waals surface area contributed by atoms with Crippen molar-refractivity contribution in [3.8, 4) is 50.2 Å². The van der Waals surface area contributed by atoms with Crippen LogP contribution in [0.3, 0.4) is 0 Å². The molecule has 0 radical (unpaired) electrons. The van der Waals surface area contributed by atoms with Gasteiger partial charge in [-0.1, -0.05) is 231 Å². The van der Waals surface area contributed by atoms with Crippen LogP contribution < -0.4 is 4.90 Å². The Kier molecular flexibility index (Phi) is 9.20. The first-order valence-corrected chi connectivity index (χ1v) is 26.5. The van der Waals surface area contributed by atoms with Crippen LogP contribution in [0.1, 0.15) is 44.5 Å². The SMILES string of the molecule is c1ccc(-c2cc(-c3ccccc3)cc(-n3c4ccccc4c4cc(N(c5ccccc5)c5cccc6c5C5(c7ccccc7-c7ccccc75)c5ccccc5C65c6ccccc6-c6ccccc65)ccc43)c2)cc1. The van der Waals surface area contributed by atoms with Crippen LogP contribution in [-0.2, 0) is 10.8 Å². The molecule has 12 aromatic carbocycles. The maximum absolute atomic E-state index is 2.56. The summed E-state index contributed by atoms with van der Waals surface area (Å²) < 4.78 is 2.47. The molecule has 2 spiro atoms. The summed E-state index contributed by atoms with van der Waals surface area (Å²) >= 11 is 0. The number of nitrogens with zero attached hydrogens (tertiary/aromatic N) is 2. The van der Waals surface area contributed by atoms with Gasteiger partial charge >= 0.3 is 0 Å². The molecule has 354 valence electrons. The van der Waals surface area contributed by atoms with Crippen molar-refractivity contribution in [2.45, 2.75) is 10.8 Å². The van der Waals surface area contributed by atoms with E-state index in [1.54, 1.807) is 0 Å². The molecule has 13 aromatic rings. The van der Waals surface area contributed by atoms with Crippen LogP contribution in [0.5, 0.6) is 0 Å². The van der Waals surface area contributed by atoms with Crippen molar-refractivity contribution in [2.24, 2.45) is 0 Å². The molecule has 76 heavy (non-hydrogen) atoms. The Labute approximate surface area is 442 Å². The average Bonchev–Trinajstić information content (AvgIpc) is 4.24. The van der Waals surface area contributed by atoms with Gasteiger partial charge in [0.25, 0.3) is 0 Å².